The Morgan fingerprint density at radius 1 is 0.581 bits per heavy atom. The van der Waals surface area contributed by atoms with Gasteiger partial charge in [0.2, 0.25) is 0 Å². The highest BCUT2D eigenvalue weighted by Gasteiger charge is 2.47. The van der Waals surface area contributed by atoms with E-state index >= 15 is 0 Å². The van der Waals surface area contributed by atoms with Crippen LogP contribution >= 0.6 is 15.9 Å². The van der Waals surface area contributed by atoms with Crippen LogP contribution in [-0.2, 0) is 31.1 Å². The first kappa shape index (κ1) is 18.0. The molecule has 0 spiro atoms. The van der Waals surface area contributed by atoms with Crippen LogP contribution in [0.4, 0.5) is 0 Å². The SMILES string of the molecule is Bc1ccc2c(c1)C(c1ccc3c(c1)CC3)(c1ccc3c(c1)CC3)c1cc(Br)ccc1-2. The molecule has 0 radical (unpaired) electrons. The van der Waals surface area contributed by atoms with Crippen LogP contribution in [0.5, 0.6) is 0 Å². The molecule has 0 saturated carbocycles. The van der Waals surface area contributed by atoms with Crippen molar-refractivity contribution in [1.29, 1.82) is 0 Å². The number of benzene rings is 4. The Hall–Kier alpha value is -2.58. The summed E-state index contributed by atoms with van der Waals surface area (Å²) >= 11 is 3.80. The monoisotopic (exact) mass is 460 g/mol. The number of hydrogen-bond acceptors (Lipinski definition) is 0. The van der Waals surface area contributed by atoms with E-state index in [1.54, 1.807) is 0 Å². The molecule has 0 fully saturated rings. The zero-order valence-corrected chi connectivity index (χ0v) is 19.2. The molecule has 3 aliphatic rings. The lowest BCUT2D eigenvalue weighted by Crippen LogP contribution is -2.31. The first-order chi connectivity index (χ1) is 15.1. The molecule has 0 amide bonds. The van der Waals surface area contributed by atoms with Crippen molar-refractivity contribution in [3.05, 3.63) is 122 Å². The second-order valence-corrected chi connectivity index (χ2v) is 10.4. The van der Waals surface area contributed by atoms with Gasteiger partial charge in [-0.25, -0.2) is 0 Å². The third-order valence-corrected chi connectivity index (χ3v) is 8.35. The van der Waals surface area contributed by atoms with Gasteiger partial charge in [-0.1, -0.05) is 82.1 Å². The van der Waals surface area contributed by atoms with Crippen molar-refractivity contribution in [3.8, 4) is 11.1 Å². The second-order valence-electron chi connectivity index (χ2n) is 9.46. The third kappa shape index (κ3) is 2.32. The minimum atomic E-state index is -0.268. The topological polar surface area (TPSA) is 0 Å². The van der Waals surface area contributed by atoms with Crippen LogP contribution in [0, 0.1) is 0 Å². The molecule has 0 heterocycles. The number of halogens is 1. The van der Waals surface area contributed by atoms with E-state index < -0.39 is 0 Å². The summed E-state index contributed by atoms with van der Waals surface area (Å²) in [6.07, 6.45) is 4.85. The van der Waals surface area contributed by atoms with Crippen molar-refractivity contribution in [1.82, 2.24) is 0 Å². The summed E-state index contributed by atoms with van der Waals surface area (Å²) in [5, 5.41) is 0. The van der Waals surface area contributed by atoms with E-state index in [4.69, 9.17) is 0 Å². The van der Waals surface area contributed by atoms with Gasteiger partial charge in [0, 0.05) is 4.47 Å². The Balaban J connectivity index is 1.65. The van der Waals surface area contributed by atoms with Gasteiger partial charge in [0.25, 0.3) is 0 Å². The number of hydrogen-bond donors (Lipinski definition) is 0. The highest BCUT2D eigenvalue weighted by atomic mass is 79.9. The fourth-order valence-corrected chi connectivity index (χ4v) is 6.42. The summed E-state index contributed by atoms with van der Waals surface area (Å²) < 4.78 is 1.15. The maximum absolute atomic E-state index is 3.80. The molecular weight excluding hydrogens is 439 g/mol. The molecule has 0 saturated heterocycles. The Morgan fingerprint density at radius 2 is 1.13 bits per heavy atom. The minimum Gasteiger partial charge on any atom is -0.0886 e. The second kappa shape index (κ2) is 6.23. The molecule has 148 valence electrons. The molecular formula is C29H22BBr. The zero-order valence-electron chi connectivity index (χ0n) is 17.6. The van der Waals surface area contributed by atoms with E-state index in [1.807, 2.05) is 0 Å². The summed E-state index contributed by atoms with van der Waals surface area (Å²) in [4.78, 5) is 0. The average molecular weight is 461 g/mol. The van der Waals surface area contributed by atoms with Crippen LogP contribution in [-0.4, -0.2) is 7.85 Å². The summed E-state index contributed by atoms with van der Waals surface area (Å²) in [6.45, 7) is 0. The van der Waals surface area contributed by atoms with Gasteiger partial charge in [-0.05, 0) is 93.5 Å². The average Bonchev–Trinajstić information content (AvgIpc) is 2.99. The molecule has 4 aromatic carbocycles. The molecule has 0 nitrogen and oxygen atoms in total. The van der Waals surface area contributed by atoms with E-state index in [1.165, 1.54) is 86.8 Å². The standard InChI is InChI=1S/C29H22BBr/c30-23-9-11-25-26-12-10-24(31)16-28(26)29(27(25)15-23,21-7-5-17-1-3-19(17)13-21)22-8-6-18-2-4-20(18)14-22/h5-16H,1-4,30H2. The van der Waals surface area contributed by atoms with Crippen molar-refractivity contribution in [2.24, 2.45) is 0 Å². The van der Waals surface area contributed by atoms with Gasteiger partial charge < -0.3 is 0 Å². The predicted molar refractivity (Wildman–Crippen MR) is 134 cm³/mol. The van der Waals surface area contributed by atoms with E-state index in [0.717, 1.165) is 4.47 Å². The molecule has 0 unspecified atom stereocenters. The van der Waals surface area contributed by atoms with Crippen molar-refractivity contribution in [2.45, 2.75) is 31.1 Å². The van der Waals surface area contributed by atoms with Crippen LogP contribution in [0.25, 0.3) is 11.1 Å². The van der Waals surface area contributed by atoms with E-state index in [-0.39, 0.29) is 5.41 Å². The van der Waals surface area contributed by atoms with E-state index in [0.29, 0.717) is 0 Å². The van der Waals surface area contributed by atoms with Crippen molar-refractivity contribution < 1.29 is 0 Å². The zero-order chi connectivity index (χ0) is 20.7. The lowest BCUT2D eigenvalue weighted by Gasteiger charge is -2.37. The normalized spacial score (nSPS) is 16.4. The van der Waals surface area contributed by atoms with Crippen LogP contribution < -0.4 is 5.46 Å². The van der Waals surface area contributed by atoms with E-state index in [2.05, 4.69) is 96.6 Å². The van der Waals surface area contributed by atoms with Gasteiger partial charge in [0.1, 0.15) is 7.85 Å². The number of rotatable bonds is 2. The molecule has 3 aliphatic carbocycles. The van der Waals surface area contributed by atoms with Crippen LogP contribution in [0.15, 0.2) is 77.3 Å². The van der Waals surface area contributed by atoms with Gasteiger partial charge in [0.15, 0.2) is 0 Å². The van der Waals surface area contributed by atoms with Crippen molar-refractivity contribution in [3.63, 3.8) is 0 Å². The van der Waals surface area contributed by atoms with Crippen molar-refractivity contribution >= 4 is 29.2 Å². The maximum atomic E-state index is 3.80. The summed E-state index contributed by atoms with van der Waals surface area (Å²) in [5.41, 5.74) is 15.5. The quantitative estimate of drug-likeness (QED) is 0.315. The molecule has 0 aliphatic heterocycles. The molecule has 31 heavy (non-hydrogen) atoms. The highest BCUT2D eigenvalue weighted by molar-refractivity contribution is 9.10. The lowest BCUT2D eigenvalue weighted by atomic mass is 9.65. The fraction of sp³-hybridized carbons (Fsp3) is 0.172. The summed E-state index contributed by atoms with van der Waals surface area (Å²) in [6, 6.07) is 28.4. The fourth-order valence-electron chi connectivity index (χ4n) is 6.06. The maximum Gasteiger partial charge on any atom is 0.139 e. The van der Waals surface area contributed by atoms with Gasteiger partial charge in [-0.2, -0.15) is 0 Å². The smallest absolute Gasteiger partial charge is 0.0886 e. The summed E-state index contributed by atoms with van der Waals surface area (Å²) in [5.74, 6) is 0. The molecule has 2 heteroatoms. The Kier molecular flexibility index (Phi) is 3.63. The van der Waals surface area contributed by atoms with Gasteiger partial charge >= 0.3 is 0 Å². The molecule has 0 bridgehead atoms. The van der Waals surface area contributed by atoms with Crippen LogP contribution in [0.2, 0.25) is 0 Å². The lowest BCUT2D eigenvalue weighted by molar-refractivity contribution is 0.740. The summed E-state index contributed by atoms with van der Waals surface area (Å²) in [7, 11) is 2.22. The molecule has 0 N–H and O–H groups in total. The highest BCUT2D eigenvalue weighted by Crippen LogP contribution is 2.57. The number of aryl methyl sites for hydroxylation is 4. The molecule has 0 atom stereocenters. The van der Waals surface area contributed by atoms with Crippen LogP contribution in [0.3, 0.4) is 0 Å². The van der Waals surface area contributed by atoms with Crippen LogP contribution in [0.1, 0.15) is 44.5 Å². The first-order valence-corrected chi connectivity index (χ1v) is 12.1. The van der Waals surface area contributed by atoms with Gasteiger partial charge in [-0.15, -0.1) is 0 Å². The minimum absolute atomic E-state index is 0.268. The Morgan fingerprint density at radius 3 is 1.68 bits per heavy atom. The molecule has 7 rings (SSSR count). The largest absolute Gasteiger partial charge is 0.139 e. The van der Waals surface area contributed by atoms with Gasteiger partial charge in [0.05, 0.1) is 5.41 Å². The predicted octanol–water partition coefficient (Wildman–Crippen LogP) is 5.27. The van der Waals surface area contributed by atoms with Gasteiger partial charge in [-0.3, -0.25) is 0 Å². The molecule has 0 aromatic heterocycles. The number of fused-ring (bicyclic) bond motifs is 5. The molecule has 4 aromatic rings. The van der Waals surface area contributed by atoms with Crippen molar-refractivity contribution in [2.75, 3.05) is 0 Å². The Bertz CT molecular complexity index is 1310. The van der Waals surface area contributed by atoms with E-state index in [9.17, 15) is 0 Å². The third-order valence-electron chi connectivity index (χ3n) is 7.86. The first-order valence-electron chi connectivity index (χ1n) is 11.3. The Labute approximate surface area is 192 Å².